The van der Waals surface area contributed by atoms with Crippen LogP contribution in [0.5, 0.6) is 0 Å². The molecule has 25 heavy (non-hydrogen) atoms. The first kappa shape index (κ1) is 17.4. The molecule has 1 amide bonds. The van der Waals surface area contributed by atoms with Gasteiger partial charge in [0.2, 0.25) is 0 Å². The van der Waals surface area contributed by atoms with E-state index in [2.05, 4.69) is 10.2 Å². The number of carboxylic acid groups (broad SMARTS) is 1. The zero-order valence-corrected chi connectivity index (χ0v) is 14.4. The lowest BCUT2D eigenvalue weighted by Crippen LogP contribution is -2.40. The number of H-pyrrole nitrogens is 1. The highest BCUT2D eigenvalue weighted by Gasteiger charge is 2.46. The average Bonchev–Trinajstić information content (AvgIpc) is 3.23. The van der Waals surface area contributed by atoms with Crippen LogP contribution in [-0.4, -0.2) is 58.9 Å². The molecular formula is C17H18ClN3O4. The first-order chi connectivity index (χ1) is 12.0. The third kappa shape index (κ3) is 3.25. The van der Waals surface area contributed by atoms with Crippen LogP contribution in [0, 0.1) is 5.41 Å². The molecule has 1 aliphatic rings. The Kier molecular flexibility index (Phi) is 4.78. The predicted molar refractivity (Wildman–Crippen MR) is 91.5 cm³/mol. The number of ether oxygens (including phenoxy) is 1. The topological polar surface area (TPSA) is 95.5 Å². The van der Waals surface area contributed by atoms with E-state index < -0.39 is 11.4 Å². The van der Waals surface area contributed by atoms with Gasteiger partial charge in [0, 0.05) is 25.8 Å². The monoisotopic (exact) mass is 363 g/mol. The van der Waals surface area contributed by atoms with Crippen molar-refractivity contribution >= 4 is 23.5 Å². The molecule has 1 aromatic carbocycles. The number of nitrogens with zero attached hydrogens (tertiary/aromatic N) is 2. The van der Waals surface area contributed by atoms with Gasteiger partial charge < -0.3 is 14.7 Å². The number of methoxy groups -OCH3 is 1. The molecular weight excluding hydrogens is 346 g/mol. The molecule has 8 heteroatoms. The van der Waals surface area contributed by atoms with Crippen LogP contribution in [-0.2, 0) is 9.53 Å². The molecule has 2 N–H and O–H groups in total. The van der Waals surface area contributed by atoms with Crippen LogP contribution in [0.25, 0.3) is 11.3 Å². The molecule has 1 atom stereocenters. The summed E-state index contributed by atoms with van der Waals surface area (Å²) in [7, 11) is 1.46. The largest absolute Gasteiger partial charge is 0.481 e. The van der Waals surface area contributed by atoms with E-state index in [1.807, 2.05) is 18.2 Å². The molecule has 0 bridgehead atoms. The molecule has 1 aromatic heterocycles. The van der Waals surface area contributed by atoms with E-state index in [-0.39, 0.29) is 19.1 Å². The highest BCUT2D eigenvalue weighted by Crippen LogP contribution is 2.32. The molecule has 7 nitrogen and oxygen atoms in total. The molecule has 132 valence electrons. The van der Waals surface area contributed by atoms with Crippen LogP contribution >= 0.6 is 11.6 Å². The predicted octanol–water partition coefficient (Wildman–Crippen LogP) is 2.29. The number of hydrogen-bond acceptors (Lipinski definition) is 4. The molecule has 1 unspecified atom stereocenters. The molecule has 1 saturated heterocycles. The summed E-state index contributed by atoms with van der Waals surface area (Å²) in [5, 5.41) is 16.9. The molecule has 2 heterocycles. The lowest BCUT2D eigenvalue weighted by atomic mass is 9.88. The van der Waals surface area contributed by atoms with Crippen LogP contribution in [0.15, 0.2) is 30.3 Å². The van der Waals surface area contributed by atoms with Crippen molar-refractivity contribution in [2.75, 3.05) is 26.8 Å². The highest BCUT2D eigenvalue weighted by molar-refractivity contribution is 6.33. The fourth-order valence-corrected chi connectivity index (χ4v) is 3.32. The second kappa shape index (κ2) is 6.85. The second-order valence-electron chi connectivity index (χ2n) is 6.14. The maximum Gasteiger partial charge on any atom is 0.313 e. The van der Waals surface area contributed by atoms with Crippen molar-refractivity contribution in [3.05, 3.63) is 41.0 Å². The van der Waals surface area contributed by atoms with Gasteiger partial charge in [-0.1, -0.05) is 29.8 Å². The Morgan fingerprint density at radius 3 is 2.88 bits per heavy atom. The van der Waals surface area contributed by atoms with Crippen molar-refractivity contribution in [1.29, 1.82) is 0 Å². The Morgan fingerprint density at radius 2 is 2.20 bits per heavy atom. The van der Waals surface area contributed by atoms with E-state index in [1.165, 1.54) is 12.0 Å². The minimum atomic E-state index is -1.06. The van der Waals surface area contributed by atoms with Crippen molar-refractivity contribution in [2.24, 2.45) is 5.41 Å². The molecule has 0 saturated carbocycles. The first-order valence-electron chi connectivity index (χ1n) is 7.79. The quantitative estimate of drug-likeness (QED) is 0.849. The van der Waals surface area contributed by atoms with Crippen LogP contribution in [0.1, 0.15) is 16.9 Å². The van der Waals surface area contributed by atoms with Gasteiger partial charge in [0.25, 0.3) is 5.91 Å². The zero-order chi connectivity index (χ0) is 18.0. The molecule has 0 aliphatic carbocycles. The second-order valence-corrected chi connectivity index (χ2v) is 6.55. The van der Waals surface area contributed by atoms with E-state index in [9.17, 15) is 14.7 Å². The Balaban J connectivity index is 1.79. The SMILES string of the molecule is COCC1(C(=O)O)CCN(C(=O)c2cc(-c3ccccc3Cl)n[nH]2)C1. The Hall–Kier alpha value is -2.38. The fourth-order valence-electron chi connectivity index (χ4n) is 3.08. The third-order valence-electron chi connectivity index (χ3n) is 4.47. The molecule has 2 aromatic rings. The number of rotatable bonds is 5. The van der Waals surface area contributed by atoms with Crippen LogP contribution < -0.4 is 0 Å². The van der Waals surface area contributed by atoms with Gasteiger partial charge in [-0.15, -0.1) is 0 Å². The number of nitrogens with one attached hydrogen (secondary N) is 1. The number of halogens is 1. The van der Waals surface area contributed by atoms with Crippen molar-refractivity contribution in [3.63, 3.8) is 0 Å². The van der Waals surface area contributed by atoms with Gasteiger partial charge in [0.1, 0.15) is 11.1 Å². The van der Waals surface area contributed by atoms with Gasteiger partial charge in [0.05, 0.1) is 17.3 Å². The average molecular weight is 364 g/mol. The number of carbonyl (C=O) groups excluding carboxylic acids is 1. The summed E-state index contributed by atoms with van der Waals surface area (Å²) in [6.07, 6.45) is 0.355. The van der Waals surface area contributed by atoms with Gasteiger partial charge in [0.15, 0.2) is 0 Å². The maximum absolute atomic E-state index is 12.7. The number of likely N-dealkylation sites (tertiary alicyclic amines) is 1. The molecule has 1 fully saturated rings. The maximum atomic E-state index is 12.7. The standard InChI is InChI=1S/C17H18ClN3O4/c1-25-10-17(16(23)24)6-7-21(9-17)15(22)14-8-13(19-20-14)11-4-2-3-5-12(11)18/h2-5,8H,6-7,9-10H2,1H3,(H,19,20)(H,23,24). The summed E-state index contributed by atoms with van der Waals surface area (Å²) in [4.78, 5) is 25.8. The summed E-state index contributed by atoms with van der Waals surface area (Å²) < 4.78 is 5.05. The minimum Gasteiger partial charge on any atom is -0.481 e. The summed E-state index contributed by atoms with van der Waals surface area (Å²) in [6.45, 7) is 0.532. The van der Waals surface area contributed by atoms with Crippen LogP contribution in [0.3, 0.4) is 0 Å². The smallest absolute Gasteiger partial charge is 0.313 e. The van der Waals surface area contributed by atoms with Crippen molar-refractivity contribution in [1.82, 2.24) is 15.1 Å². The van der Waals surface area contributed by atoms with Crippen LogP contribution in [0.2, 0.25) is 5.02 Å². The Labute approximate surface area is 149 Å². The van der Waals surface area contributed by atoms with Crippen molar-refractivity contribution in [2.45, 2.75) is 6.42 Å². The van der Waals surface area contributed by atoms with E-state index in [1.54, 1.807) is 12.1 Å². The Morgan fingerprint density at radius 1 is 1.44 bits per heavy atom. The molecule has 0 radical (unpaired) electrons. The third-order valence-corrected chi connectivity index (χ3v) is 4.80. The number of carboxylic acids is 1. The molecule has 3 rings (SSSR count). The van der Waals surface area contributed by atoms with E-state index in [4.69, 9.17) is 16.3 Å². The van der Waals surface area contributed by atoms with E-state index in [0.717, 1.165) is 5.56 Å². The van der Waals surface area contributed by atoms with E-state index >= 15 is 0 Å². The summed E-state index contributed by atoms with van der Waals surface area (Å²) in [5.41, 5.74) is 0.527. The number of aliphatic carboxylic acids is 1. The van der Waals surface area contributed by atoms with Crippen LogP contribution in [0.4, 0.5) is 0 Å². The summed E-state index contributed by atoms with van der Waals surface area (Å²) in [5.74, 6) is -1.24. The summed E-state index contributed by atoms with van der Waals surface area (Å²) in [6, 6.07) is 8.84. The number of benzene rings is 1. The number of amides is 1. The number of carbonyl (C=O) groups is 2. The molecule has 0 spiro atoms. The van der Waals surface area contributed by atoms with Gasteiger partial charge in [-0.3, -0.25) is 14.7 Å². The number of aromatic nitrogens is 2. The van der Waals surface area contributed by atoms with Gasteiger partial charge in [-0.25, -0.2) is 0 Å². The van der Waals surface area contributed by atoms with Crippen molar-refractivity contribution in [3.8, 4) is 11.3 Å². The number of hydrogen-bond donors (Lipinski definition) is 2. The van der Waals surface area contributed by atoms with Gasteiger partial charge in [-0.2, -0.15) is 5.10 Å². The Bertz CT molecular complexity index is 807. The van der Waals surface area contributed by atoms with E-state index in [0.29, 0.717) is 29.4 Å². The number of aromatic amines is 1. The minimum absolute atomic E-state index is 0.0694. The lowest BCUT2D eigenvalue weighted by Gasteiger charge is -2.23. The van der Waals surface area contributed by atoms with Gasteiger partial charge >= 0.3 is 5.97 Å². The zero-order valence-electron chi connectivity index (χ0n) is 13.7. The first-order valence-corrected chi connectivity index (χ1v) is 8.16. The summed E-state index contributed by atoms with van der Waals surface area (Å²) >= 11 is 6.15. The fraction of sp³-hybridized carbons (Fsp3) is 0.353. The highest BCUT2D eigenvalue weighted by atomic mass is 35.5. The van der Waals surface area contributed by atoms with Crippen molar-refractivity contribution < 1.29 is 19.4 Å². The normalized spacial score (nSPS) is 20.0. The lowest BCUT2D eigenvalue weighted by molar-refractivity contribution is -0.151. The van der Waals surface area contributed by atoms with Gasteiger partial charge in [-0.05, 0) is 18.6 Å². The molecule has 1 aliphatic heterocycles.